The van der Waals surface area contributed by atoms with E-state index in [0.29, 0.717) is 30.9 Å². The Morgan fingerprint density at radius 1 is 1.14 bits per heavy atom. The van der Waals surface area contributed by atoms with E-state index in [9.17, 15) is 13.2 Å². The average molecular weight is 429 g/mol. The molecule has 29 heavy (non-hydrogen) atoms. The number of benzene rings is 2. The summed E-state index contributed by atoms with van der Waals surface area (Å²) in [6, 6.07) is 14.1. The molecule has 0 bridgehead atoms. The minimum absolute atomic E-state index is 0.0936. The molecule has 0 spiro atoms. The first-order valence-electron chi connectivity index (χ1n) is 9.30. The van der Waals surface area contributed by atoms with Crippen LogP contribution in [0.4, 0.5) is 5.69 Å². The lowest BCUT2D eigenvalue weighted by Gasteiger charge is -2.10. The Balaban J connectivity index is 1.38. The van der Waals surface area contributed by atoms with Gasteiger partial charge in [0.2, 0.25) is 5.91 Å². The van der Waals surface area contributed by atoms with Crippen molar-refractivity contribution in [2.24, 2.45) is 4.99 Å². The molecule has 0 aliphatic carbocycles. The Morgan fingerprint density at radius 2 is 2.00 bits per heavy atom. The van der Waals surface area contributed by atoms with E-state index in [1.807, 2.05) is 24.3 Å². The van der Waals surface area contributed by atoms with Crippen molar-refractivity contribution < 1.29 is 13.2 Å². The van der Waals surface area contributed by atoms with Gasteiger partial charge in [-0.1, -0.05) is 18.2 Å². The van der Waals surface area contributed by atoms with E-state index < -0.39 is 10.0 Å². The number of para-hydroxylation sites is 1. The van der Waals surface area contributed by atoms with Crippen molar-refractivity contribution in [2.75, 3.05) is 11.9 Å². The molecule has 1 amide bonds. The van der Waals surface area contributed by atoms with Gasteiger partial charge in [0, 0.05) is 31.5 Å². The number of nitrogens with zero attached hydrogens (tertiary/aromatic N) is 2. The molecule has 2 N–H and O–H groups in total. The van der Waals surface area contributed by atoms with E-state index in [0.717, 1.165) is 21.6 Å². The molecule has 0 atom stereocenters. The van der Waals surface area contributed by atoms with Gasteiger partial charge in [-0.3, -0.25) is 14.5 Å². The highest BCUT2D eigenvalue weighted by Crippen LogP contribution is 2.23. The predicted octanol–water partition coefficient (Wildman–Crippen LogP) is 3.34. The highest BCUT2D eigenvalue weighted by atomic mass is 32.2. The normalized spacial score (nSPS) is 14.0. The molecular weight excluding hydrogens is 408 g/mol. The molecular formula is C20H20N4O3S2. The molecule has 0 saturated heterocycles. The number of fused-ring (bicyclic) bond motifs is 1. The Kier molecular flexibility index (Phi) is 5.59. The molecule has 2 aromatic carbocycles. The molecule has 9 heteroatoms. The molecule has 1 aliphatic heterocycles. The number of anilines is 1. The molecule has 0 unspecified atom stereocenters. The number of rotatable bonds is 6. The summed E-state index contributed by atoms with van der Waals surface area (Å²) in [5, 5.41) is 3.67. The number of hydrogen-bond donors (Lipinski definition) is 2. The summed E-state index contributed by atoms with van der Waals surface area (Å²) >= 11 is 1.58. The van der Waals surface area contributed by atoms with Crippen LogP contribution in [0, 0.1) is 0 Å². The smallest absolute Gasteiger partial charge is 0.262 e. The fourth-order valence-electron chi connectivity index (χ4n) is 3.05. The zero-order chi connectivity index (χ0) is 20.3. The molecule has 0 fully saturated rings. The SMILES string of the molecule is O=C(CCc1nc2ccccc2s1)Nc1cccc(S(=O)(=O)NC2=NCCC2)c1. The topological polar surface area (TPSA) is 101 Å². The number of amidine groups is 1. The Bertz CT molecular complexity index is 1150. The summed E-state index contributed by atoms with van der Waals surface area (Å²) in [7, 11) is -3.71. The number of hydrogen-bond acceptors (Lipinski definition) is 6. The van der Waals surface area contributed by atoms with Crippen molar-refractivity contribution in [1.82, 2.24) is 9.71 Å². The first-order chi connectivity index (χ1) is 14.0. The largest absolute Gasteiger partial charge is 0.326 e. The number of carbonyl (C=O) groups excluding carboxylic acids is 1. The molecule has 2 heterocycles. The van der Waals surface area contributed by atoms with Gasteiger partial charge in [-0.15, -0.1) is 11.3 Å². The third kappa shape index (κ3) is 4.80. The van der Waals surface area contributed by atoms with Gasteiger partial charge < -0.3 is 5.32 Å². The first-order valence-corrected chi connectivity index (χ1v) is 11.6. The van der Waals surface area contributed by atoms with E-state index in [1.165, 1.54) is 12.1 Å². The molecule has 3 aromatic rings. The molecule has 1 aromatic heterocycles. The second-order valence-corrected chi connectivity index (χ2v) is 9.49. The van der Waals surface area contributed by atoms with E-state index in [1.54, 1.807) is 23.5 Å². The second kappa shape index (κ2) is 8.30. The number of aryl methyl sites for hydroxylation is 1. The van der Waals surface area contributed by atoms with Crippen LogP contribution >= 0.6 is 11.3 Å². The van der Waals surface area contributed by atoms with Crippen molar-refractivity contribution in [2.45, 2.75) is 30.6 Å². The third-order valence-corrected chi connectivity index (χ3v) is 6.93. The van der Waals surface area contributed by atoms with Crippen molar-refractivity contribution in [3.05, 3.63) is 53.5 Å². The zero-order valence-corrected chi connectivity index (χ0v) is 17.2. The van der Waals surface area contributed by atoms with Gasteiger partial charge in [-0.2, -0.15) is 0 Å². The first kappa shape index (κ1) is 19.5. The highest BCUT2D eigenvalue weighted by Gasteiger charge is 2.18. The van der Waals surface area contributed by atoms with Gasteiger partial charge in [0.05, 0.1) is 20.1 Å². The standard InChI is InChI=1S/C20H20N4O3S2/c25-19(10-11-20-23-16-7-1-2-8-17(16)28-20)22-14-5-3-6-15(13-14)29(26,27)24-18-9-4-12-21-18/h1-3,5-8,13H,4,9-12H2,(H,21,24)(H,22,25). The zero-order valence-electron chi connectivity index (χ0n) is 15.6. The fourth-order valence-corrected chi connectivity index (χ4v) is 5.15. The lowest BCUT2D eigenvalue weighted by molar-refractivity contribution is -0.116. The minimum Gasteiger partial charge on any atom is -0.326 e. The van der Waals surface area contributed by atoms with Gasteiger partial charge in [-0.25, -0.2) is 13.4 Å². The average Bonchev–Trinajstić information content (AvgIpc) is 3.35. The van der Waals surface area contributed by atoms with E-state index >= 15 is 0 Å². The van der Waals surface area contributed by atoms with E-state index in [2.05, 4.69) is 20.0 Å². The Morgan fingerprint density at radius 3 is 2.79 bits per heavy atom. The van der Waals surface area contributed by atoms with Crippen molar-refractivity contribution >= 4 is 49.0 Å². The molecule has 1 aliphatic rings. The number of aliphatic imine (C=N–C) groups is 1. The van der Waals surface area contributed by atoms with Gasteiger partial charge in [-0.05, 0) is 36.8 Å². The van der Waals surface area contributed by atoms with Crippen LogP contribution in [-0.4, -0.2) is 31.7 Å². The van der Waals surface area contributed by atoms with Crippen LogP contribution in [-0.2, 0) is 21.2 Å². The van der Waals surface area contributed by atoms with E-state index in [4.69, 9.17) is 0 Å². The van der Waals surface area contributed by atoms with Gasteiger partial charge >= 0.3 is 0 Å². The van der Waals surface area contributed by atoms with Crippen LogP contribution in [0.25, 0.3) is 10.2 Å². The van der Waals surface area contributed by atoms with Crippen LogP contribution < -0.4 is 10.0 Å². The van der Waals surface area contributed by atoms with Crippen LogP contribution in [0.2, 0.25) is 0 Å². The molecule has 150 valence electrons. The Labute approximate surface area is 172 Å². The summed E-state index contributed by atoms with van der Waals surface area (Å²) in [6.45, 7) is 0.641. The monoisotopic (exact) mass is 428 g/mol. The van der Waals surface area contributed by atoms with Crippen molar-refractivity contribution in [1.29, 1.82) is 0 Å². The lowest BCUT2D eigenvalue weighted by Crippen LogP contribution is -2.29. The lowest BCUT2D eigenvalue weighted by atomic mass is 10.2. The molecule has 0 saturated carbocycles. The number of nitrogens with one attached hydrogen (secondary N) is 2. The van der Waals surface area contributed by atoms with Crippen molar-refractivity contribution in [3.8, 4) is 0 Å². The quantitative estimate of drug-likeness (QED) is 0.629. The number of sulfonamides is 1. The third-order valence-electron chi connectivity index (χ3n) is 4.46. The maximum Gasteiger partial charge on any atom is 0.262 e. The number of aromatic nitrogens is 1. The summed E-state index contributed by atoms with van der Waals surface area (Å²) in [4.78, 5) is 21.1. The van der Waals surface area contributed by atoms with Crippen LogP contribution in [0.5, 0.6) is 0 Å². The summed E-state index contributed by atoms with van der Waals surface area (Å²) in [6.07, 6.45) is 2.28. The van der Waals surface area contributed by atoms with Gasteiger partial charge in [0.15, 0.2) is 0 Å². The number of thiazole rings is 1. The van der Waals surface area contributed by atoms with Gasteiger partial charge in [0.1, 0.15) is 5.84 Å². The summed E-state index contributed by atoms with van der Waals surface area (Å²) < 4.78 is 28.6. The Hall–Kier alpha value is -2.78. The molecule has 4 rings (SSSR count). The molecule has 0 radical (unpaired) electrons. The minimum atomic E-state index is -3.71. The maximum absolute atomic E-state index is 12.5. The van der Waals surface area contributed by atoms with E-state index in [-0.39, 0.29) is 17.2 Å². The number of amides is 1. The highest BCUT2D eigenvalue weighted by molar-refractivity contribution is 7.90. The number of carbonyl (C=O) groups is 1. The van der Waals surface area contributed by atoms with Crippen LogP contribution in [0.1, 0.15) is 24.3 Å². The maximum atomic E-state index is 12.5. The van der Waals surface area contributed by atoms with Crippen molar-refractivity contribution in [3.63, 3.8) is 0 Å². The van der Waals surface area contributed by atoms with Gasteiger partial charge in [0.25, 0.3) is 10.0 Å². The second-order valence-electron chi connectivity index (χ2n) is 6.69. The van der Waals surface area contributed by atoms with Crippen LogP contribution in [0.3, 0.4) is 0 Å². The summed E-state index contributed by atoms with van der Waals surface area (Å²) in [5.74, 6) is 0.294. The van der Waals surface area contributed by atoms with Crippen LogP contribution in [0.15, 0.2) is 58.4 Å². The predicted molar refractivity (Wildman–Crippen MR) is 115 cm³/mol. The molecule has 7 nitrogen and oxygen atoms in total. The fraction of sp³-hybridized carbons (Fsp3) is 0.250. The summed E-state index contributed by atoms with van der Waals surface area (Å²) in [5.41, 5.74) is 1.38.